The first-order chi connectivity index (χ1) is 13.3. The Morgan fingerprint density at radius 2 is 2.00 bits per heavy atom. The van der Waals surface area contributed by atoms with Crippen LogP contribution in [0.15, 0.2) is 65.3 Å². The minimum Gasteiger partial charge on any atom is -0.350 e. The summed E-state index contributed by atoms with van der Waals surface area (Å²) < 4.78 is 5.20. The summed E-state index contributed by atoms with van der Waals surface area (Å²) in [5.74, 6) is -0.0282. The molecule has 0 bridgehead atoms. The molecular weight excluding hydrogens is 340 g/mol. The summed E-state index contributed by atoms with van der Waals surface area (Å²) >= 11 is 0. The highest BCUT2D eigenvalue weighted by Gasteiger charge is 2.25. The average Bonchev–Trinajstić information content (AvgIpc) is 3.37. The number of hydrogen-bond acceptors (Lipinski definition) is 5. The number of benzene rings is 1. The lowest BCUT2D eigenvalue weighted by molar-refractivity contribution is 0.0903. The summed E-state index contributed by atoms with van der Waals surface area (Å²) in [5, 5.41) is 6.94. The van der Waals surface area contributed by atoms with Gasteiger partial charge in [-0.1, -0.05) is 41.6 Å². The van der Waals surface area contributed by atoms with Gasteiger partial charge in [0.25, 0.3) is 5.91 Å². The first-order valence-electron chi connectivity index (χ1n) is 9.24. The molecule has 1 fully saturated rings. The lowest BCUT2D eigenvalue weighted by atomic mass is 10.2. The van der Waals surface area contributed by atoms with Gasteiger partial charge < -0.3 is 9.84 Å². The van der Waals surface area contributed by atoms with Crippen molar-refractivity contribution in [3.8, 4) is 11.4 Å². The van der Waals surface area contributed by atoms with Gasteiger partial charge in [0.1, 0.15) is 5.69 Å². The van der Waals surface area contributed by atoms with Gasteiger partial charge in [-0.25, -0.2) is 0 Å². The van der Waals surface area contributed by atoms with Gasteiger partial charge in [-0.05, 0) is 37.1 Å². The van der Waals surface area contributed by atoms with Crippen LogP contribution in [-0.4, -0.2) is 40.1 Å². The molecule has 1 atom stereocenters. The zero-order valence-corrected chi connectivity index (χ0v) is 15.0. The first kappa shape index (κ1) is 17.4. The van der Waals surface area contributed by atoms with Crippen LogP contribution < -0.4 is 5.32 Å². The molecule has 2 aromatic heterocycles. The van der Waals surface area contributed by atoms with Crippen LogP contribution in [0.3, 0.4) is 0 Å². The number of aromatic nitrogens is 2. The van der Waals surface area contributed by atoms with Gasteiger partial charge in [0.05, 0.1) is 5.69 Å². The molecule has 1 aliphatic rings. The van der Waals surface area contributed by atoms with E-state index in [-0.39, 0.29) is 11.7 Å². The topological polar surface area (TPSA) is 71.3 Å². The minimum atomic E-state index is -0.240. The lowest BCUT2D eigenvalue weighted by Crippen LogP contribution is -2.39. The Balaban J connectivity index is 1.34. The quantitative estimate of drug-likeness (QED) is 0.729. The molecule has 0 spiro atoms. The Morgan fingerprint density at radius 3 is 2.81 bits per heavy atom. The van der Waals surface area contributed by atoms with E-state index in [4.69, 9.17) is 4.52 Å². The van der Waals surface area contributed by atoms with Crippen molar-refractivity contribution in [3.63, 3.8) is 0 Å². The maximum absolute atomic E-state index is 12.4. The van der Waals surface area contributed by atoms with Crippen LogP contribution in [0.2, 0.25) is 0 Å². The number of likely N-dealkylation sites (tertiary alicyclic amines) is 1. The molecule has 1 saturated heterocycles. The number of carbonyl (C=O) groups excluding carboxylic acids is 1. The van der Waals surface area contributed by atoms with Crippen molar-refractivity contribution < 1.29 is 9.32 Å². The fourth-order valence-corrected chi connectivity index (χ4v) is 3.47. The molecule has 0 saturated carbocycles. The SMILES string of the molecule is O=C(NCC1CCCN1Cc1ccccc1)c1cc(-c2ccccn2)no1. The van der Waals surface area contributed by atoms with Crippen molar-refractivity contribution in [2.24, 2.45) is 0 Å². The highest BCUT2D eigenvalue weighted by Crippen LogP contribution is 2.20. The highest BCUT2D eigenvalue weighted by atomic mass is 16.5. The molecular formula is C21H22N4O2. The zero-order valence-electron chi connectivity index (χ0n) is 15.0. The predicted octanol–water partition coefficient (Wildman–Crippen LogP) is 3.13. The Hall–Kier alpha value is -2.99. The minimum absolute atomic E-state index is 0.211. The van der Waals surface area contributed by atoms with E-state index >= 15 is 0 Å². The number of amides is 1. The maximum Gasteiger partial charge on any atom is 0.289 e. The summed E-state index contributed by atoms with van der Waals surface area (Å²) in [5.41, 5.74) is 2.54. The van der Waals surface area contributed by atoms with Gasteiger partial charge in [-0.15, -0.1) is 0 Å². The molecule has 0 radical (unpaired) electrons. The molecule has 6 heteroatoms. The normalized spacial score (nSPS) is 17.1. The van der Waals surface area contributed by atoms with Crippen LogP contribution in [0.1, 0.15) is 29.0 Å². The summed E-state index contributed by atoms with van der Waals surface area (Å²) in [4.78, 5) is 19.1. The summed E-state index contributed by atoms with van der Waals surface area (Å²) in [6.45, 7) is 2.57. The average molecular weight is 362 g/mol. The van der Waals surface area contributed by atoms with Crippen LogP contribution in [0.25, 0.3) is 11.4 Å². The summed E-state index contributed by atoms with van der Waals surface area (Å²) in [7, 11) is 0. The third-order valence-corrected chi connectivity index (χ3v) is 4.89. The Morgan fingerprint density at radius 1 is 1.15 bits per heavy atom. The number of pyridine rings is 1. The third kappa shape index (κ3) is 4.23. The van der Waals surface area contributed by atoms with E-state index in [1.54, 1.807) is 12.3 Å². The van der Waals surface area contributed by atoms with Crippen LogP contribution in [0, 0.1) is 0 Å². The van der Waals surface area contributed by atoms with Crippen molar-refractivity contribution in [2.45, 2.75) is 25.4 Å². The Labute approximate surface area is 158 Å². The number of hydrogen-bond donors (Lipinski definition) is 1. The number of nitrogens with one attached hydrogen (secondary N) is 1. The van der Waals surface area contributed by atoms with E-state index in [0.29, 0.717) is 24.0 Å². The monoisotopic (exact) mass is 362 g/mol. The van der Waals surface area contributed by atoms with E-state index in [1.807, 2.05) is 24.3 Å². The van der Waals surface area contributed by atoms with E-state index in [1.165, 1.54) is 5.56 Å². The molecule has 3 aromatic rings. The molecule has 1 unspecified atom stereocenters. The predicted molar refractivity (Wildman–Crippen MR) is 102 cm³/mol. The van der Waals surface area contributed by atoms with Crippen molar-refractivity contribution in [1.82, 2.24) is 20.4 Å². The molecule has 1 amide bonds. The van der Waals surface area contributed by atoms with E-state index < -0.39 is 0 Å². The smallest absolute Gasteiger partial charge is 0.289 e. The molecule has 0 aliphatic carbocycles. The van der Waals surface area contributed by atoms with Gasteiger partial charge in [-0.2, -0.15) is 0 Å². The van der Waals surface area contributed by atoms with Gasteiger partial charge >= 0.3 is 0 Å². The summed E-state index contributed by atoms with van der Waals surface area (Å²) in [6.07, 6.45) is 3.92. The second kappa shape index (κ2) is 8.14. The van der Waals surface area contributed by atoms with Crippen molar-refractivity contribution in [2.75, 3.05) is 13.1 Å². The van der Waals surface area contributed by atoms with Gasteiger partial charge in [0.15, 0.2) is 0 Å². The standard InChI is InChI=1S/C21H22N4O2/c26-21(20-13-19(24-27-20)18-10-4-5-11-22-18)23-14-17-9-6-12-25(17)15-16-7-2-1-3-8-16/h1-5,7-8,10-11,13,17H,6,9,12,14-15H2,(H,23,26). The van der Waals surface area contributed by atoms with Gasteiger partial charge in [0, 0.05) is 31.4 Å². The first-order valence-corrected chi connectivity index (χ1v) is 9.24. The molecule has 3 heterocycles. The largest absolute Gasteiger partial charge is 0.350 e. The van der Waals surface area contributed by atoms with E-state index in [2.05, 4.69) is 44.6 Å². The van der Waals surface area contributed by atoms with Crippen LogP contribution >= 0.6 is 0 Å². The van der Waals surface area contributed by atoms with Gasteiger partial charge in [0.2, 0.25) is 5.76 Å². The Kier molecular flexibility index (Phi) is 5.25. The van der Waals surface area contributed by atoms with E-state index in [0.717, 1.165) is 25.9 Å². The number of nitrogens with zero attached hydrogens (tertiary/aromatic N) is 3. The van der Waals surface area contributed by atoms with E-state index in [9.17, 15) is 4.79 Å². The number of carbonyl (C=O) groups is 1. The fourth-order valence-electron chi connectivity index (χ4n) is 3.47. The maximum atomic E-state index is 12.4. The second-order valence-corrected chi connectivity index (χ2v) is 6.75. The van der Waals surface area contributed by atoms with Gasteiger partial charge in [-0.3, -0.25) is 14.7 Å². The molecule has 4 rings (SSSR count). The molecule has 138 valence electrons. The zero-order chi connectivity index (χ0) is 18.5. The lowest BCUT2D eigenvalue weighted by Gasteiger charge is -2.24. The molecule has 1 aromatic carbocycles. The number of rotatable bonds is 6. The van der Waals surface area contributed by atoms with Crippen molar-refractivity contribution in [1.29, 1.82) is 0 Å². The Bertz CT molecular complexity index is 879. The van der Waals surface area contributed by atoms with Crippen LogP contribution in [-0.2, 0) is 6.54 Å². The molecule has 6 nitrogen and oxygen atoms in total. The second-order valence-electron chi connectivity index (χ2n) is 6.75. The van der Waals surface area contributed by atoms with Crippen LogP contribution in [0.4, 0.5) is 0 Å². The molecule has 1 aliphatic heterocycles. The fraction of sp³-hybridized carbons (Fsp3) is 0.286. The van der Waals surface area contributed by atoms with Crippen molar-refractivity contribution >= 4 is 5.91 Å². The van der Waals surface area contributed by atoms with Crippen LogP contribution in [0.5, 0.6) is 0 Å². The third-order valence-electron chi connectivity index (χ3n) is 4.89. The highest BCUT2D eigenvalue weighted by molar-refractivity contribution is 5.92. The van der Waals surface area contributed by atoms with Crippen molar-refractivity contribution in [3.05, 3.63) is 72.1 Å². The molecule has 1 N–H and O–H groups in total. The molecule has 27 heavy (non-hydrogen) atoms. The summed E-state index contributed by atoms with van der Waals surface area (Å²) in [6, 6.07) is 17.9.